The first-order chi connectivity index (χ1) is 8.50. The van der Waals surface area contributed by atoms with Gasteiger partial charge >= 0.3 is 12.1 Å². The zero-order valence-electron chi connectivity index (χ0n) is 10.3. The minimum atomic E-state index is -4.82. The summed E-state index contributed by atoms with van der Waals surface area (Å²) in [5.74, 6) is -0.892. The number of alkyl halides is 3. The second-order valence-corrected chi connectivity index (χ2v) is 5.83. The third-order valence-corrected chi connectivity index (χ3v) is 3.76. The molecule has 1 rings (SSSR count). The van der Waals surface area contributed by atoms with Gasteiger partial charge in [0, 0.05) is 6.26 Å². The van der Waals surface area contributed by atoms with Crippen molar-refractivity contribution in [2.75, 3.05) is 13.4 Å². The van der Waals surface area contributed by atoms with Crippen LogP contribution >= 0.6 is 0 Å². The topological polar surface area (TPSA) is 60.4 Å². The van der Waals surface area contributed by atoms with Crippen LogP contribution in [0, 0.1) is 6.92 Å². The molecule has 8 heteroatoms. The Hall–Kier alpha value is -1.57. The minimum Gasteiger partial charge on any atom is -0.465 e. The Labute approximate surface area is 108 Å². The summed E-state index contributed by atoms with van der Waals surface area (Å²) in [6.45, 7) is 1.14. The maximum Gasteiger partial charge on any atom is 0.417 e. The average molecular weight is 296 g/mol. The monoisotopic (exact) mass is 296 g/mol. The molecule has 0 aliphatic rings. The Morgan fingerprint density at radius 3 is 2.16 bits per heavy atom. The lowest BCUT2D eigenvalue weighted by atomic mass is 10.0. The van der Waals surface area contributed by atoms with Crippen LogP contribution in [-0.2, 0) is 20.8 Å². The van der Waals surface area contributed by atoms with Crippen molar-refractivity contribution in [1.82, 2.24) is 0 Å². The number of hydrogen-bond acceptors (Lipinski definition) is 4. The Bertz CT molecular complexity index is 618. The van der Waals surface area contributed by atoms with E-state index in [0.717, 1.165) is 20.1 Å². The molecule has 1 aromatic rings. The van der Waals surface area contributed by atoms with Gasteiger partial charge in [-0.05, 0) is 24.6 Å². The molecule has 0 saturated heterocycles. The van der Waals surface area contributed by atoms with Crippen LogP contribution in [0.3, 0.4) is 0 Å². The maximum atomic E-state index is 12.8. The van der Waals surface area contributed by atoms with Gasteiger partial charge in [-0.2, -0.15) is 13.2 Å². The zero-order valence-corrected chi connectivity index (χ0v) is 11.1. The van der Waals surface area contributed by atoms with E-state index in [1.165, 1.54) is 0 Å². The lowest BCUT2D eigenvalue weighted by Gasteiger charge is -2.16. The summed E-state index contributed by atoms with van der Waals surface area (Å²) < 4.78 is 65.8. The summed E-state index contributed by atoms with van der Waals surface area (Å²) in [6, 6.07) is 1.47. The summed E-state index contributed by atoms with van der Waals surface area (Å²) in [4.78, 5) is 10.5. The summed E-state index contributed by atoms with van der Waals surface area (Å²) in [5, 5.41) is 0. The Balaban J connectivity index is 3.75. The van der Waals surface area contributed by atoms with Crippen molar-refractivity contribution in [2.24, 2.45) is 0 Å². The predicted molar refractivity (Wildman–Crippen MR) is 60.6 cm³/mol. The molecule has 106 valence electrons. The highest BCUT2D eigenvalue weighted by molar-refractivity contribution is 7.90. The first-order valence-electron chi connectivity index (χ1n) is 4.99. The molecule has 0 unspecified atom stereocenters. The highest BCUT2D eigenvalue weighted by atomic mass is 32.2. The number of ether oxygens (including phenoxy) is 1. The summed E-state index contributed by atoms with van der Waals surface area (Å²) >= 11 is 0. The molecule has 0 aromatic heterocycles. The molecule has 0 saturated carbocycles. The van der Waals surface area contributed by atoms with Crippen LogP contribution in [0.5, 0.6) is 0 Å². The third-order valence-electron chi connectivity index (χ3n) is 2.49. The summed E-state index contributed by atoms with van der Waals surface area (Å²) in [7, 11) is -3.08. The standard InChI is InChI=1S/C11H11F3O4S/c1-6-7(10(15)18-2)4-5-8(11(12,13)14)9(6)19(3,16)17/h4-5H,1-3H3. The van der Waals surface area contributed by atoms with Gasteiger partial charge in [0.05, 0.1) is 23.1 Å². The van der Waals surface area contributed by atoms with E-state index in [1.54, 1.807) is 0 Å². The number of esters is 1. The van der Waals surface area contributed by atoms with Crippen LogP contribution in [0.2, 0.25) is 0 Å². The van der Waals surface area contributed by atoms with Crippen molar-refractivity contribution in [3.8, 4) is 0 Å². The molecule has 19 heavy (non-hydrogen) atoms. The molecule has 0 bridgehead atoms. The minimum absolute atomic E-state index is 0.212. The molecule has 0 N–H and O–H groups in total. The van der Waals surface area contributed by atoms with Gasteiger partial charge in [0.2, 0.25) is 0 Å². The normalized spacial score (nSPS) is 12.3. The molecular formula is C11H11F3O4S. The highest BCUT2D eigenvalue weighted by Gasteiger charge is 2.38. The molecule has 0 aliphatic heterocycles. The van der Waals surface area contributed by atoms with Gasteiger partial charge in [0.15, 0.2) is 9.84 Å². The zero-order chi connectivity index (χ0) is 15.0. The Morgan fingerprint density at radius 2 is 1.79 bits per heavy atom. The van der Waals surface area contributed by atoms with Gasteiger partial charge in [-0.25, -0.2) is 13.2 Å². The van der Waals surface area contributed by atoms with Gasteiger partial charge in [-0.15, -0.1) is 0 Å². The van der Waals surface area contributed by atoms with Crippen molar-refractivity contribution < 1.29 is 31.1 Å². The van der Waals surface area contributed by atoms with Crippen LogP contribution in [-0.4, -0.2) is 27.8 Å². The van der Waals surface area contributed by atoms with E-state index < -0.39 is 32.4 Å². The molecule has 0 radical (unpaired) electrons. The number of carbonyl (C=O) groups excluding carboxylic acids is 1. The lowest BCUT2D eigenvalue weighted by molar-refractivity contribution is -0.140. The van der Waals surface area contributed by atoms with Crippen molar-refractivity contribution in [2.45, 2.75) is 18.0 Å². The largest absolute Gasteiger partial charge is 0.465 e. The fourth-order valence-electron chi connectivity index (χ4n) is 1.72. The highest BCUT2D eigenvalue weighted by Crippen LogP contribution is 2.36. The SMILES string of the molecule is COC(=O)c1ccc(C(F)(F)F)c(S(C)(=O)=O)c1C. The summed E-state index contributed by atoms with van der Waals surface area (Å²) in [6.07, 6.45) is -4.16. The molecule has 1 aromatic carbocycles. The lowest BCUT2D eigenvalue weighted by Crippen LogP contribution is -2.17. The number of benzene rings is 1. The quantitative estimate of drug-likeness (QED) is 0.785. The van der Waals surface area contributed by atoms with E-state index >= 15 is 0 Å². The van der Waals surface area contributed by atoms with Gasteiger partial charge in [0.1, 0.15) is 0 Å². The molecule has 0 spiro atoms. The number of carbonyl (C=O) groups is 1. The second-order valence-electron chi connectivity index (χ2n) is 3.88. The van der Waals surface area contributed by atoms with Crippen LogP contribution in [0.15, 0.2) is 17.0 Å². The fourth-order valence-corrected chi connectivity index (χ4v) is 2.97. The van der Waals surface area contributed by atoms with Crippen molar-refractivity contribution in [1.29, 1.82) is 0 Å². The van der Waals surface area contributed by atoms with Gasteiger partial charge in [-0.3, -0.25) is 0 Å². The molecule has 0 fully saturated rings. The van der Waals surface area contributed by atoms with E-state index in [4.69, 9.17) is 0 Å². The molecule has 0 aliphatic carbocycles. The van der Waals surface area contributed by atoms with Crippen molar-refractivity contribution in [3.05, 3.63) is 28.8 Å². The molecule has 4 nitrogen and oxygen atoms in total. The van der Waals surface area contributed by atoms with Crippen LogP contribution in [0.1, 0.15) is 21.5 Å². The van der Waals surface area contributed by atoms with Gasteiger partial charge in [0.25, 0.3) is 0 Å². The third kappa shape index (κ3) is 3.06. The second kappa shape index (κ2) is 4.84. The van der Waals surface area contributed by atoms with Crippen molar-refractivity contribution in [3.63, 3.8) is 0 Å². The molecule has 0 heterocycles. The molecular weight excluding hydrogens is 285 g/mol. The van der Waals surface area contributed by atoms with Gasteiger partial charge in [-0.1, -0.05) is 0 Å². The van der Waals surface area contributed by atoms with Gasteiger partial charge < -0.3 is 4.74 Å². The van der Waals surface area contributed by atoms with E-state index in [0.29, 0.717) is 12.3 Å². The Morgan fingerprint density at radius 1 is 1.26 bits per heavy atom. The van der Waals surface area contributed by atoms with Crippen LogP contribution in [0.4, 0.5) is 13.2 Å². The molecule has 0 atom stereocenters. The van der Waals surface area contributed by atoms with E-state index in [2.05, 4.69) is 4.74 Å². The molecule has 0 amide bonds. The predicted octanol–water partition coefficient (Wildman–Crippen LogP) is 2.20. The summed E-state index contributed by atoms with van der Waals surface area (Å²) in [5.41, 5.74) is -1.78. The van der Waals surface area contributed by atoms with Crippen LogP contribution in [0.25, 0.3) is 0 Å². The maximum absolute atomic E-state index is 12.8. The Kier molecular flexibility index (Phi) is 3.94. The van der Waals surface area contributed by atoms with Crippen LogP contribution < -0.4 is 0 Å². The first-order valence-corrected chi connectivity index (χ1v) is 6.88. The number of rotatable bonds is 2. The number of hydrogen-bond donors (Lipinski definition) is 0. The first kappa shape index (κ1) is 15.5. The van der Waals surface area contributed by atoms with E-state index in [1.807, 2.05) is 0 Å². The number of halogens is 3. The van der Waals surface area contributed by atoms with E-state index in [-0.39, 0.29) is 11.1 Å². The smallest absolute Gasteiger partial charge is 0.417 e. The average Bonchev–Trinajstić information content (AvgIpc) is 2.24. The fraction of sp³-hybridized carbons (Fsp3) is 0.364. The number of sulfone groups is 1. The van der Waals surface area contributed by atoms with E-state index in [9.17, 15) is 26.4 Å². The number of methoxy groups -OCH3 is 1. The van der Waals surface area contributed by atoms with Crippen molar-refractivity contribution >= 4 is 15.8 Å².